The highest BCUT2D eigenvalue weighted by Gasteiger charge is 2.28. The quantitative estimate of drug-likeness (QED) is 0.643. The molecule has 3 rings (SSSR count). The number of benzene rings is 1. The van der Waals surface area contributed by atoms with Crippen LogP contribution < -0.4 is 10.6 Å². The highest BCUT2D eigenvalue weighted by Crippen LogP contribution is 2.14. The predicted octanol–water partition coefficient (Wildman–Crippen LogP) is 1.79. The van der Waals surface area contributed by atoms with Gasteiger partial charge in [0.1, 0.15) is 0 Å². The van der Waals surface area contributed by atoms with Crippen LogP contribution in [-0.2, 0) is 16.1 Å². The van der Waals surface area contributed by atoms with Crippen molar-refractivity contribution >= 4 is 29.6 Å². The number of imide groups is 1. The van der Waals surface area contributed by atoms with E-state index < -0.39 is 6.03 Å². The molecule has 25 heavy (non-hydrogen) atoms. The van der Waals surface area contributed by atoms with Crippen LogP contribution in [0.5, 0.6) is 0 Å². The third-order valence-electron chi connectivity index (χ3n) is 3.58. The Hall–Kier alpha value is -3.48. The van der Waals surface area contributed by atoms with E-state index in [1.807, 2.05) is 6.07 Å². The number of nitrogens with zero attached hydrogens (tertiary/aromatic N) is 2. The number of carbonyl (C=O) groups excluding carboxylic acids is 3. The Morgan fingerprint density at radius 1 is 1.28 bits per heavy atom. The minimum Gasteiger partial charge on any atom is -0.329 e. The molecule has 0 saturated carbocycles. The van der Waals surface area contributed by atoms with E-state index in [4.69, 9.17) is 0 Å². The number of urea groups is 1. The monoisotopic (exact) mass is 336 g/mol. The Bertz CT molecular complexity index is 817. The normalized spacial score (nSPS) is 14.0. The lowest BCUT2D eigenvalue weighted by Gasteiger charge is -2.13. The molecule has 126 valence electrons. The zero-order chi connectivity index (χ0) is 17.6. The van der Waals surface area contributed by atoms with E-state index in [1.54, 1.807) is 48.8 Å². The first-order chi connectivity index (χ1) is 12.1. The molecule has 7 nitrogen and oxygen atoms in total. The molecule has 1 aromatic carbocycles. The lowest BCUT2D eigenvalue weighted by molar-refractivity contribution is -0.125. The van der Waals surface area contributed by atoms with Gasteiger partial charge in [-0.15, -0.1) is 0 Å². The van der Waals surface area contributed by atoms with Crippen molar-refractivity contribution < 1.29 is 14.4 Å². The zero-order valence-electron chi connectivity index (χ0n) is 13.3. The molecule has 1 aliphatic heterocycles. The molecule has 2 N–H and O–H groups in total. The van der Waals surface area contributed by atoms with Crippen molar-refractivity contribution in [3.63, 3.8) is 0 Å². The van der Waals surface area contributed by atoms with Crippen LogP contribution in [0.1, 0.15) is 11.1 Å². The molecule has 0 spiro atoms. The molecule has 4 amide bonds. The van der Waals surface area contributed by atoms with Crippen molar-refractivity contribution in [1.29, 1.82) is 0 Å². The Morgan fingerprint density at radius 2 is 2.16 bits per heavy atom. The molecule has 2 heterocycles. The van der Waals surface area contributed by atoms with Crippen LogP contribution in [0.2, 0.25) is 0 Å². The molecule has 1 aliphatic rings. The molecule has 1 aromatic heterocycles. The lowest BCUT2D eigenvalue weighted by Crippen LogP contribution is -2.30. The Kier molecular flexibility index (Phi) is 4.84. The summed E-state index contributed by atoms with van der Waals surface area (Å²) in [5, 5.41) is 5.22. The molecular formula is C18H16N4O3. The van der Waals surface area contributed by atoms with E-state index in [-0.39, 0.29) is 24.9 Å². The van der Waals surface area contributed by atoms with E-state index in [1.165, 1.54) is 6.08 Å². The van der Waals surface area contributed by atoms with E-state index in [2.05, 4.69) is 15.6 Å². The number of nitrogens with one attached hydrogen (secondary N) is 2. The molecule has 0 aliphatic carbocycles. The van der Waals surface area contributed by atoms with Gasteiger partial charge in [0.15, 0.2) is 0 Å². The minimum absolute atomic E-state index is 0.0222. The second-order valence-electron chi connectivity index (χ2n) is 5.45. The Balaban J connectivity index is 1.63. The first kappa shape index (κ1) is 16.4. The van der Waals surface area contributed by atoms with E-state index in [0.29, 0.717) is 5.69 Å². The maximum Gasteiger partial charge on any atom is 0.324 e. The second-order valence-corrected chi connectivity index (χ2v) is 5.45. The number of amides is 4. The van der Waals surface area contributed by atoms with Gasteiger partial charge >= 0.3 is 6.03 Å². The van der Waals surface area contributed by atoms with Crippen molar-refractivity contribution in [1.82, 2.24) is 15.2 Å². The molecule has 1 saturated heterocycles. The fraction of sp³-hybridized carbons (Fsp3) is 0.111. The van der Waals surface area contributed by atoms with Gasteiger partial charge in [-0.1, -0.05) is 18.2 Å². The van der Waals surface area contributed by atoms with Gasteiger partial charge in [0, 0.05) is 24.2 Å². The highest BCUT2D eigenvalue weighted by atomic mass is 16.2. The van der Waals surface area contributed by atoms with Crippen LogP contribution in [0.4, 0.5) is 10.5 Å². The summed E-state index contributed by atoms with van der Waals surface area (Å²) in [7, 11) is 0. The van der Waals surface area contributed by atoms with Gasteiger partial charge in [-0.05, 0) is 35.4 Å². The molecule has 0 atom stereocenters. The minimum atomic E-state index is -0.404. The summed E-state index contributed by atoms with van der Waals surface area (Å²) in [6, 6.07) is 10.2. The molecule has 2 aromatic rings. The number of hydrogen-bond acceptors (Lipinski definition) is 4. The van der Waals surface area contributed by atoms with Gasteiger partial charge in [0.05, 0.1) is 13.1 Å². The van der Waals surface area contributed by atoms with Crippen LogP contribution in [0.25, 0.3) is 6.08 Å². The van der Waals surface area contributed by atoms with Gasteiger partial charge in [0.25, 0.3) is 0 Å². The lowest BCUT2D eigenvalue weighted by atomic mass is 10.2. The maximum atomic E-state index is 12.0. The number of aromatic nitrogens is 1. The third-order valence-corrected chi connectivity index (χ3v) is 3.58. The highest BCUT2D eigenvalue weighted by molar-refractivity contribution is 6.02. The van der Waals surface area contributed by atoms with Gasteiger partial charge in [-0.25, -0.2) is 4.79 Å². The van der Waals surface area contributed by atoms with Crippen molar-refractivity contribution in [2.45, 2.75) is 6.54 Å². The number of rotatable bonds is 5. The summed E-state index contributed by atoms with van der Waals surface area (Å²) >= 11 is 0. The second kappa shape index (κ2) is 7.39. The third kappa shape index (κ3) is 4.29. The first-order valence-electron chi connectivity index (χ1n) is 7.68. The summed E-state index contributed by atoms with van der Waals surface area (Å²) < 4.78 is 0. The fourth-order valence-electron chi connectivity index (χ4n) is 2.38. The summed E-state index contributed by atoms with van der Waals surface area (Å²) in [5.41, 5.74) is 2.16. The van der Waals surface area contributed by atoms with E-state index in [0.717, 1.165) is 16.0 Å². The van der Waals surface area contributed by atoms with Crippen LogP contribution in [0.15, 0.2) is 54.9 Å². The number of carbonyl (C=O) groups is 3. The first-order valence-corrected chi connectivity index (χ1v) is 7.68. The largest absolute Gasteiger partial charge is 0.329 e. The molecule has 7 heteroatoms. The van der Waals surface area contributed by atoms with E-state index in [9.17, 15) is 14.4 Å². The van der Waals surface area contributed by atoms with Crippen molar-refractivity contribution in [2.75, 3.05) is 11.9 Å². The maximum absolute atomic E-state index is 12.0. The van der Waals surface area contributed by atoms with E-state index >= 15 is 0 Å². The summed E-state index contributed by atoms with van der Waals surface area (Å²) in [6.07, 6.45) is 6.40. The average Bonchev–Trinajstić information content (AvgIpc) is 2.93. The van der Waals surface area contributed by atoms with Crippen LogP contribution in [0, 0.1) is 0 Å². The number of hydrogen-bond donors (Lipinski definition) is 2. The summed E-state index contributed by atoms with van der Waals surface area (Å²) in [5.74, 6) is -0.546. The topological polar surface area (TPSA) is 91.4 Å². The number of anilines is 1. The smallest absolute Gasteiger partial charge is 0.324 e. The number of pyridine rings is 1. The van der Waals surface area contributed by atoms with Gasteiger partial charge in [0.2, 0.25) is 11.8 Å². The van der Waals surface area contributed by atoms with Gasteiger partial charge in [-0.2, -0.15) is 0 Å². The van der Waals surface area contributed by atoms with Crippen molar-refractivity contribution in [2.24, 2.45) is 0 Å². The molecule has 1 fully saturated rings. The fourth-order valence-corrected chi connectivity index (χ4v) is 2.38. The summed E-state index contributed by atoms with van der Waals surface area (Å²) in [6.45, 7) is 0.189. The standard InChI is InChI=1S/C18H16N4O3/c23-16(7-6-13-4-2-8-19-10-13)21-15-5-1-3-14(9-15)12-22-17(24)11-20-18(22)25/h1-10H,11-12H2,(H,20,25)(H,21,23)/b7-6+. The zero-order valence-corrected chi connectivity index (χ0v) is 13.3. The van der Waals surface area contributed by atoms with Crippen molar-refractivity contribution in [3.05, 3.63) is 66.0 Å². The Labute approximate surface area is 144 Å². The predicted molar refractivity (Wildman–Crippen MR) is 92.3 cm³/mol. The van der Waals surface area contributed by atoms with Crippen LogP contribution in [-0.4, -0.2) is 34.3 Å². The van der Waals surface area contributed by atoms with Crippen LogP contribution >= 0.6 is 0 Å². The molecular weight excluding hydrogens is 320 g/mol. The molecule has 0 bridgehead atoms. The molecule has 0 unspecified atom stereocenters. The van der Waals surface area contributed by atoms with Crippen molar-refractivity contribution in [3.8, 4) is 0 Å². The SMILES string of the molecule is O=C(/C=C/c1cccnc1)Nc1cccc(CN2C(=O)CNC2=O)c1. The average molecular weight is 336 g/mol. The van der Waals surface area contributed by atoms with Gasteiger partial charge in [-0.3, -0.25) is 19.5 Å². The molecule has 0 radical (unpaired) electrons. The Morgan fingerprint density at radius 3 is 2.88 bits per heavy atom. The summed E-state index contributed by atoms with van der Waals surface area (Å²) in [4.78, 5) is 40.3. The van der Waals surface area contributed by atoms with Gasteiger partial charge < -0.3 is 10.6 Å². The van der Waals surface area contributed by atoms with Crippen LogP contribution in [0.3, 0.4) is 0 Å².